The molecule has 2 aliphatic heterocycles. The molecule has 1 atom stereocenters. The molecule has 9 nitrogen and oxygen atoms in total. The van der Waals surface area contributed by atoms with Gasteiger partial charge in [-0.3, -0.25) is 0 Å². The number of halogens is 1. The zero-order valence-corrected chi connectivity index (χ0v) is 20.6. The van der Waals surface area contributed by atoms with Crippen LogP contribution >= 0.6 is 0 Å². The van der Waals surface area contributed by atoms with Gasteiger partial charge in [-0.15, -0.1) is 5.10 Å². The highest BCUT2D eigenvalue weighted by Gasteiger charge is 2.30. The second kappa shape index (κ2) is 8.82. The molecule has 0 saturated carbocycles. The Kier molecular flexibility index (Phi) is 5.60. The van der Waals surface area contributed by atoms with Gasteiger partial charge in [-0.1, -0.05) is 18.2 Å². The average molecular weight is 508 g/mol. The smallest absolute Gasteiger partial charge is 0.209 e. The quantitative estimate of drug-likeness (QED) is 0.429. The topological polar surface area (TPSA) is 95.7 Å². The molecule has 2 fully saturated rings. The van der Waals surface area contributed by atoms with Crippen LogP contribution < -0.4 is 14.5 Å². The van der Waals surface area contributed by atoms with Gasteiger partial charge in [0, 0.05) is 19.6 Å². The Morgan fingerprint density at radius 1 is 1.06 bits per heavy atom. The molecule has 0 amide bonds. The van der Waals surface area contributed by atoms with E-state index < -0.39 is 10.0 Å². The van der Waals surface area contributed by atoms with Crippen molar-refractivity contribution in [3.8, 4) is 11.4 Å². The summed E-state index contributed by atoms with van der Waals surface area (Å²) in [5.74, 6) is 1.35. The van der Waals surface area contributed by atoms with E-state index in [1.54, 1.807) is 22.8 Å². The number of rotatable bonds is 6. The van der Waals surface area contributed by atoms with Crippen LogP contribution in [0.3, 0.4) is 0 Å². The molecule has 0 unspecified atom stereocenters. The van der Waals surface area contributed by atoms with Gasteiger partial charge in [0.15, 0.2) is 5.65 Å². The number of benzene rings is 1. The van der Waals surface area contributed by atoms with Crippen molar-refractivity contribution in [2.75, 3.05) is 35.7 Å². The van der Waals surface area contributed by atoms with E-state index in [1.807, 2.05) is 41.3 Å². The number of fused-ring (bicyclic) bond motifs is 1. The van der Waals surface area contributed by atoms with Crippen molar-refractivity contribution in [2.45, 2.75) is 24.9 Å². The van der Waals surface area contributed by atoms with Gasteiger partial charge in [0.2, 0.25) is 10.0 Å². The molecule has 11 heteroatoms. The predicted octanol–water partition coefficient (Wildman–Crippen LogP) is 3.01. The largest absolute Gasteiger partial charge is 0.353 e. The summed E-state index contributed by atoms with van der Waals surface area (Å²) in [6.45, 7) is 1.97. The Labute approximate surface area is 208 Å². The molecule has 0 bridgehead atoms. The monoisotopic (exact) mass is 507 g/mol. The second-order valence-electron chi connectivity index (χ2n) is 9.38. The molecule has 0 spiro atoms. The Morgan fingerprint density at radius 3 is 2.69 bits per heavy atom. The lowest BCUT2D eigenvalue weighted by atomic mass is 10.0. The van der Waals surface area contributed by atoms with Crippen molar-refractivity contribution >= 4 is 27.3 Å². The second-order valence-corrected chi connectivity index (χ2v) is 11.2. The number of hydrogen-bond acceptors (Lipinski definition) is 7. The molecular formula is C25H26FN7O2S. The van der Waals surface area contributed by atoms with Crippen LogP contribution in [0.5, 0.6) is 0 Å². The van der Waals surface area contributed by atoms with E-state index >= 15 is 0 Å². The van der Waals surface area contributed by atoms with Gasteiger partial charge < -0.3 is 9.80 Å². The van der Waals surface area contributed by atoms with Crippen molar-refractivity contribution < 1.29 is 12.8 Å². The summed E-state index contributed by atoms with van der Waals surface area (Å²) >= 11 is 0. The highest BCUT2D eigenvalue weighted by molar-refractivity contribution is 7.88. The fraction of sp³-hybridized carbons (Fsp3) is 0.320. The van der Waals surface area contributed by atoms with Crippen molar-refractivity contribution in [1.82, 2.24) is 24.3 Å². The van der Waals surface area contributed by atoms with Crippen LogP contribution in [0.2, 0.25) is 0 Å². The fourth-order valence-corrected chi connectivity index (χ4v) is 5.83. The number of nitrogens with one attached hydrogen (secondary N) is 1. The van der Waals surface area contributed by atoms with Crippen LogP contribution in [-0.2, 0) is 10.0 Å². The molecule has 1 aromatic carbocycles. The summed E-state index contributed by atoms with van der Waals surface area (Å²) in [7, 11) is -3.23. The molecule has 6 rings (SSSR count). The summed E-state index contributed by atoms with van der Waals surface area (Å²) < 4.78 is 41.2. The molecule has 2 aliphatic rings. The lowest BCUT2D eigenvalue weighted by molar-refractivity contribution is 0.468. The maximum atomic E-state index is 13.9. The third-order valence-electron chi connectivity index (χ3n) is 6.71. The highest BCUT2D eigenvalue weighted by atomic mass is 32.2. The number of imidazole rings is 1. The third-order valence-corrected chi connectivity index (χ3v) is 7.47. The van der Waals surface area contributed by atoms with E-state index in [2.05, 4.69) is 14.6 Å². The summed E-state index contributed by atoms with van der Waals surface area (Å²) in [6, 6.07) is 16.4. The summed E-state index contributed by atoms with van der Waals surface area (Å²) in [6.07, 6.45) is 4.88. The predicted molar refractivity (Wildman–Crippen MR) is 136 cm³/mol. The van der Waals surface area contributed by atoms with Crippen LogP contribution in [0.1, 0.15) is 24.4 Å². The normalized spacial score (nSPS) is 18.7. The number of aromatic nitrogens is 4. The van der Waals surface area contributed by atoms with Gasteiger partial charge in [-0.2, -0.15) is 0 Å². The fourth-order valence-electron chi connectivity index (χ4n) is 5.08. The molecule has 0 aliphatic carbocycles. The molecule has 3 aromatic heterocycles. The standard InChI is InChI=1S/C25H26FN7O2S/c1-36(34,35)30-19-15-31(16-19)24-9-3-7-20(28-24)22-14-27-23-10-11-25(29-33(22)23)32-12-4-8-21(32)17-5-2-6-18(26)13-17/h2-3,5-7,9-11,13-14,19,21,30H,4,8,12,15-16H2,1H3/t21-/m1/s1. The number of hydrogen-bond donors (Lipinski definition) is 1. The van der Waals surface area contributed by atoms with Crippen molar-refractivity contribution in [3.63, 3.8) is 0 Å². The molecule has 5 heterocycles. The van der Waals surface area contributed by atoms with Gasteiger partial charge in [0.25, 0.3) is 0 Å². The minimum atomic E-state index is -3.23. The molecule has 2 saturated heterocycles. The van der Waals surface area contributed by atoms with Crippen LogP contribution in [0.4, 0.5) is 16.0 Å². The summed E-state index contributed by atoms with van der Waals surface area (Å²) in [5.41, 5.74) is 3.16. The highest BCUT2D eigenvalue weighted by Crippen LogP contribution is 2.35. The van der Waals surface area contributed by atoms with E-state index in [0.29, 0.717) is 18.7 Å². The first-order valence-electron chi connectivity index (χ1n) is 11.9. The van der Waals surface area contributed by atoms with E-state index in [1.165, 1.54) is 12.3 Å². The number of pyridine rings is 1. The Hall–Kier alpha value is -3.57. The number of anilines is 2. The van der Waals surface area contributed by atoms with Gasteiger partial charge in [0.1, 0.15) is 23.1 Å². The van der Waals surface area contributed by atoms with E-state index in [9.17, 15) is 12.8 Å². The molecule has 4 aromatic rings. The zero-order valence-electron chi connectivity index (χ0n) is 19.7. The SMILES string of the molecule is CS(=O)(=O)NC1CN(c2cccc(-c3cnc4ccc(N5CCC[C@@H]5c5cccc(F)c5)nn34)n2)C1. The van der Waals surface area contributed by atoms with E-state index in [4.69, 9.17) is 10.1 Å². The van der Waals surface area contributed by atoms with Crippen LogP contribution in [0.25, 0.3) is 17.0 Å². The van der Waals surface area contributed by atoms with Crippen molar-refractivity contribution in [1.29, 1.82) is 0 Å². The average Bonchev–Trinajstić information content (AvgIpc) is 3.47. The van der Waals surface area contributed by atoms with Gasteiger partial charge in [-0.05, 0) is 54.8 Å². The molecule has 36 heavy (non-hydrogen) atoms. The van der Waals surface area contributed by atoms with Crippen LogP contribution in [0, 0.1) is 5.82 Å². The van der Waals surface area contributed by atoms with Crippen LogP contribution in [-0.4, -0.2) is 59.9 Å². The zero-order chi connectivity index (χ0) is 24.9. The molecule has 0 radical (unpaired) electrons. The van der Waals surface area contributed by atoms with Crippen molar-refractivity contribution in [2.24, 2.45) is 0 Å². The van der Waals surface area contributed by atoms with Gasteiger partial charge >= 0.3 is 0 Å². The molecule has 1 N–H and O–H groups in total. The van der Waals surface area contributed by atoms with Gasteiger partial charge in [-0.25, -0.2) is 32.0 Å². The van der Waals surface area contributed by atoms with E-state index in [-0.39, 0.29) is 17.9 Å². The third kappa shape index (κ3) is 4.40. The Balaban J connectivity index is 1.28. The Bertz CT molecular complexity index is 1530. The van der Waals surface area contributed by atoms with Crippen molar-refractivity contribution in [3.05, 3.63) is 72.2 Å². The lowest BCUT2D eigenvalue weighted by Gasteiger charge is -2.40. The molecule has 186 valence electrons. The number of nitrogens with zero attached hydrogens (tertiary/aromatic N) is 6. The van der Waals surface area contributed by atoms with E-state index in [0.717, 1.165) is 48.0 Å². The first kappa shape index (κ1) is 22.9. The van der Waals surface area contributed by atoms with Crippen LogP contribution in [0.15, 0.2) is 60.8 Å². The molecular weight excluding hydrogens is 481 g/mol. The lowest BCUT2D eigenvalue weighted by Crippen LogP contribution is -2.59. The number of sulfonamides is 1. The first-order valence-corrected chi connectivity index (χ1v) is 13.8. The first-order chi connectivity index (χ1) is 17.3. The summed E-state index contributed by atoms with van der Waals surface area (Å²) in [4.78, 5) is 13.6. The van der Waals surface area contributed by atoms with Gasteiger partial charge in [0.05, 0.1) is 30.2 Å². The minimum absolute atomic E-state index is 0.0685. The minimum Gasteiger partial charge on any atom is -0.353 e. The maximum absolute atomic E-state index is 13.9. The maximum Gasteiger partial charge on any atom is 0.209 e. The Morgan fingerprint density at radius 2 is 1.89 bits per heavy atom. The summed E-state index contributed by atoms with van der Waals surface area (Å²) in [5, 5.41) is 4.91.